The van der Waals surface area contributed by atoms with Crippen molar-refractivity contribution in [1.82, 2.24) is 9.55 Å². The number of aryl methyl sites for hydroxylation is 2. The highest BCUT2D eigenvalue weighted by Crippen LogP contribution is 2.29. The van der Waals surface area contributed by atoms with Crippen LogP contribution in [0.25, 0.3) is 21.7 Å². The molecule has 0 aliphatic heterocycles. The topological polar surface area (TPSA) is 70.1 Å². The number of hydrogen-bond donors (Lipinski definition) is 1. The third-order valence-corrected chi connectivity index (χ3v) is 4.96. The molecule has 0 amide bonds. The molecule has 0 spiro atoms. The molecule has 1 aromatic carbocycles. The molecule has 3 rings (SSSR count). The van der Waals surface area contributed by atoms with Crippen LogP contribution in [0.5, 0.6) is 5.75 Å². The summed E-state index contributed by atoms with van der Waals surface area (Å²) < 4.78 is 45.1. The third-order valence-electron chi connectivity index (χ3n) is 4.96. The summed E-state index contributed by atoms with van der Waals surface area (Å²) in [6.45, 7) is 2.85. The Morgan fingerprint density at radius 2 is 1.96 bits per heavy atom. The number of rotatable bonds is 5. The average molecular weight is 393 g/mol. The van der Waals surface area contributed by atoms with Gasteiger partial charge in [0, 0.05) is 30.7 Å². The zero-order chi connectivity index (χ0) is 20.6. The molecular weight excluding hydrogens is 371 g/mol. The Bertz CT molecular complexity index is 1080. The van der Waals surface area contributed by atoms with Crippen molar-refractivity contribution in [3.05, 3.63) is 46.5 Å². The molecule has 0 saturated heterocycles. The average Bonchev–Trinajstić information content (AvgIpc) is 2.63. The Kier molecular flexibility index (Phi) is 5.34. The highest BCUT2D eigenvalue weighted by molar-refractivity contribution is 6.06. The van der Waals surface area contributed by atoms with Gasteiger partial charge in [0.05, 0.1) is 22.5 Å². The van der Waals surface area contributed by atoms with Crippen molar-refractivity contribution < 1.29 is 17.9 Å². The van der Waals surface area contributed by atoms with Gasteiger partial charge in [0.1, 0.15) is 12.4 Å². The second-order valence-corrected chi connectivity index (χ2v) is 7.11. The predicted octanol–water partition coefficient (Wildman–Crippen LogP) is 3.69. The smallest absolute Gasteiger partial charge is 0.391 e. The summed E-state index contributed by atoms with van der Waals surface area (Å²) in [7, 11) is 1.66. The van der Waals surface area contributed by atoms with Crippen molar-refractivity contribution in [2.75, 3.05) is 6.61 Å². The molecule has 0 bridgehead atoms. The molecule has 0 saturated carbocycles. The fourth-order valence-electron chi connectivity index (χ4n) is 3.30. The summed E-state index contributed by atoms with van der Waals surface area (Å²) in [5, 5.41) is 2.23. The Hall–Kier alpha value is -2.61. The number of ether oxygens (including phenoxy) is 1. The normalized spacial score (nSPS) is 14.4. The molecule has 5 nitrogen and oxygen atoms in total. The fourth-order valence-corrected chi connectivity index (χ4v) is 3.30. The number of alkyl halides is 3. The molecule has 2 heterocycles. The van der Waals surface area contributed by atoms with E-state index in [4.69, 9.17) is 10.5 Å². The molecule has 2 N–H and O–H groups in total. The van der Waals surface area contributed by atoms with E-state index in [-0.39, 0.29) is 18.6 Å². The molecule has 8 heteroatoms. The van der Waals surface area contributed by atoms with Crippen molar-refractivity contribution >= 4 is 21.7 Å². The lowest BCUT2D eigenvalue weighted by Crippen LogP contribution is -2.34. The molecule has 0 radical (unpaired) electrons. The summed E-state index contributed by atoms with van der Waals surface area (Å²) in [5.41, 5.74) is 6.95. The number of aromatic nitrogens is 2. The number of nitrogens with zero attached hydrogens (tertiary/aromatic N) is 2. The molecular formula is C20H22F3N3O2. The van der Waals surface area contributed by atoms with E-state index in [0.29, 0.717) is 22.3 Å². The van der Waals surface area contributed by atoms with Crippen LogP contribution in [0, 0.1) is 12.8 Å². The maximum Gasteiger partial charge on any atom is 0.391 e. The van der Waals surface area contributed by atoms with E-state index in [2.05, 4.69) is 4.98 Å². The second kappa shape index (κ2) is 7.43. The van der Waals surface area contributed by atoms with Gasteiger partial charge in [-0.3, -0.25) is 9.78 Å². The first kappa shape index (κ1) is 20.1. The second-order valence-electron chi connectivity index (χ2n) is 7.11. The van der Waals surface area contributed by atoms with E-state index in [1.807, 2.05) is 6.07 Å². The van der Waals surface area contributed by atoms with Gasteiger partial charge in [-0.1, -0.05) is 6.92 Å². The Balaban J connectivity index is 1.88. The Morgan fingerprint density at radius 1 is 1.25 bits per heavy atom. The Labute approximate surface area is 159 Å². The zero-order valence-electron chi connectivity index (χ0n) is 15.9. The van der Waals surface area contributed by atoms with Crippen molar-refractivity contribution in [3.8, 4) is 5.75 Å². The summed E-state index contributed by atoms with van der Waals surface area (Å²) >= 11 is 0. The number of halogens is 3. The van der Waals surface area contributed by atoms with E-state index in [1.165, 1.54) is 4.57 Å². The molecule has 0 aliphatic carbocycles. The summed E-state index contributed by atoms with van der Waals surface area (Å²) in [6.07, 6.45) is -2.83. The number of pyridine rings is 2. The Morgan fingerprint density at radius 3 is 2.64 bits per heavy atom. The maximum absolute atomic E-state index is 12.7. The quantitative estimate of drug-likeness (QED) is 0.671. The van der Waals surface area contributed by atoms with Gasteiger partial charge in [-0.2, -0.15) is 13.2 Å². The minimum Gasteiger partial charge on any atom is -0.492 e. The van der Waals surface area contributed by atoms with Crippen LogP contribution in [0.3, 0.4) is 0 Å². The van der Waals surface area contributed by atoms with Crippen LogP contribution in [-0.2, 0) is 7.05 Å². The van der Waals surface area contributed by atoms with Crippen LogP contribution in [0.2, 0.25) is 0 Å². The largest absolute Gasteiger partial charge is 0.492 e. The van der Waals surface area contributed by atoms with Crippen LogP contribution in [-0.4, -0.2) is 28.4 Å². The summed E-state index contributed by atoms with van der Waals surface area (Å²) in [6, 6.07) is 6.30. The standard InChI is InChI=1S/C20H22F3N3O2/c1-11(20(21,22)23)8-13(24)10-28-14-4-5-15-16-6-7-25-12(2)18(16)19(27)26(3)17(15)9-14/h4-7,9,11,13H,8,10,24H2,1-3H3. The van der Waals surface area contributed by atoms with Crippen LogP contribution in [0.4, 0.5) is 13.2 Å². The highest BCUT2D eigenvalue weighted by atomic mass is 19.4. The van der Waals surface area contributed by atoms with Crippen LogP contribution in [0.1, 0.15) is 19.0 Å². The minimum atomic E-state index is -4.27. The number of nitrogens with two attached hydrogens (primary N) is 1. The zero-order valence-corrected chi connectivity index (χ0v) is 15.9. The van der Waals surface area contributed by atoms with E-state index >= 15 is 0 Å². The van der Waals surface area contributed by atoms with Crippen molar-refractivity contribution in [2.24, 2.45) is 18.7 Å². The van der Waals surface area contributed by atoms with E-state index < -0.39 is 18.1 Å². The van der Waals surface area contributed by atoms with Crippen molar-refractivity contribution in [3.63, 3.8) is 0 Å². The van der Waals surface area contributed by atoms with Gasteiger partial charge in [0.25, 0.3) is 5.56 Å². The minimum absolute atomic E-state index is 0.0452. The number of hydrogen-bond acceptors (Lipinski definition) is 4. The lowest BCUT2D eigenvalue weighted by atomic mass is 10.0. The molecule has 3 aromatic rings. The highest BCUT2D eigenvalue weighted by Gasteiger charge is 2.36. The van der Waals surface area contributed by atoms with Crippen LogP contribution < -0.4 is 16.0 Å². The van der Waals surface area contributed by atoms with Gasteiger partial charge in [0.2, 0.25) is 0 Å². The van der Waals surface area contributed by atoms with Crippen molar-refractivity contribution in [2.45, 2.75) is 32.5 Å². The van der Waals surface area contributed by atoms with Gasteiger partial charge in [-0.25, -0.2) is 0 Å². The molecule has 2 unspecified atom stereocenters. The number of fused-ring (bicyclic) bond motifs is 3. The molecule has 2 aromatic heterocycles. The molecule has 0 fully saturated rings. The predicted molar refractivity (Wildman–Crippen MR) is 103 cm³/mol. The van der Waals surface area contributed by atoms with Gasteiger partial charge in [-0.15, -0.1) is 0 Å². The summed E-state index contributed by atoms with van der Waals surface area (Å²) in [4.78, 5) is 16.9. The first-order chi connectivity index (χ1) is 13.1. The molecule has 2 atom stereocenters. The van der Waals surface area contributed by atoms with Crippen LogP contribution >= 0.6 is 0 Å². The molecule has 28 heavy (non-hydrogen) atoms. The lowest BCUT2D eigenvalue weighted by molar-refractivity contribution is -0.172. The molecule has 0 aliphatic rings. The SMILES string of the molecule is Cc1nccc2c1c(=O)n(C)c1cc(OCC(N)CC(C)C(F)(F)F)ccc21. The van der Waals surface area contributed by atoms with E-state index in [0.717, 1.165) is 17.7 Å². The van der Waals surface area contributed by atoms with Gasteiger partial charge >= 0.3 is 6.18 Å². The van der Waals surface area contributed by atoms with Crippen LogP contribution in [0.15, 0.2) is 35.3 Å². The number of benzene rings is 1. The third kappa shape index (κ3) is 3.82. The lowest BCUT2D eigenvalue weighted by Gasteiger charge is -2.20. The van der Waals surface area contributed by atoms with Gasteiger partial charge in [0.15, 0.2) is 0 Å². The van der Waals surface area contributed by atoms with Gasteiger partial charge in [-0.05, 0) is 36.9 Å². The van der Waals surface area contributed by atoms with E-state index in [1.54, 1.807) is 38.4 Å². The monoisotopic (exact) mass is 393 g/mol. The fraction of sp³-hybridized carbons (Fsp3) is 0.400. The van der Waals surface area contributed by atoms with Gasteiger partial charge < -0.3 is 15.0 Å². The molecule has 150 valence electrons. The first-order valence-electron chi connectivity index (χ1n) is 8.92. The van der Waals surface area contributed by atoms with Crippen molar-refractivity contribution in [1.29, 1.82) is 0 Å². The van der Waals surface area contributed by atoms with E-state index in [9.17, 15) is 18.0 Å². The first-order valence-corrected chi connectivity index (χ1v) is 8.92. The maximum atomic E-state index is 12.7. The summed E-state index contributed by atoms with van der Waals surface area (Å²) in [5.74, 6) is -1.05.